The van der Waals surface area contributed by atoms with Crippen LogP contribution < -0.4 is 10.3 Å². The molecule has 0 saturated heterocycles. The summed E-state index contributed by atoms with van der Waals surface area (Å²) in [6.45, 7) is 10.1. The maximum absolute atomic E-state index is 13.2. The van der Waals surface area contributed by atoms with Crippen LogP contribution >= 0.6 is 0 Å². The van der Waals surface area contributed by atoms with Crippen molar-refractivity contribution in [3.63, 3.8) is 0 Å². The van der Waals surface area contributed by atoms with Gasteiger partial charge in [0.1, 0.15) is 5.75 Å². The van der Waals surface area contributed by atoms with Gasteiger partial charge in [-0.2, -0.15) is 0 Å². The summed E-state index contributed by atoms with van der Waals surface area (Å²) < 4.78 is 12.8. The number of esters is 1. The highest BCUT2D eigenvalue weighted by Gasteiger charge is 2.14. The summed E-state index contributed by atoms with van der Waals surface area (Å²) in [6, 6.07) is 17.5. The monoisotopic (exact) mass is 419 g/mol. The maximum Gasteiger partial charge on any atom is 0.333 e. The molecule has 3 rings (SSSR count). The summed E-state index contributed by atoms with van der Waals surface area (Å²) >= 11 is 0. The Morgan fingerprint density at radius 2 is 1.74 bits per heavy atom. The van der Waals surface area contributed by atoms with Crippen molar-refractivity contribution in [2.24, 2.45) is 0 Å². The van der Waals surface area contributed by atoms with Gasteiger partial charge in [-0.15, -0.1) is 0 Å². The van der Waals surface area contributed by atoms with Crippen molar-refractivity contribution < 1.29 is 14.3 Å². The fourth-order valence-electron chi connectivity index (χ4n) is 3.43. The van der Waals surface area contributed by atoms with Gasteiger partial charge in [-0.25, -0.2) is 4.79 Å². The standard InChI is InChI=1S/C26H29NO4/c1-18(2)26(29)31-15-9-8-14-30-22-12-13-24-21(16-22)17-23(20-10-6-5-7-11-20)25(28)27(24)19(3)4/h5-7,10-13,16-17,19H,1,8-9,14-15H2,2-4H3. The molecule has 0 aliphatic heterocycles. The molecule has 1 aromatic heterocycles. The first kappa shape index (κ1) is 22.3. The summed E-state index contributed by atoms with van der Waals surface area (Å²) in [7, 11) is 0. The van der Waals surface area contributed by atoms with Gasteiger partial charge in [-0.3, -0.25) is 4.79 Å². The number of nitrogens with zero attached hydrogens (tertiary/aromatic N) is 1. The van der Waals surface area contributed by atoms with E-state index in [0.717, 1.165) is 35.1 Å². The van der Waals surface area contributed by atoms with Gasteiger partial charge in [0.25, 0.3) is 5.56 Å². The number of ether oxygens (including phenoxy) is 2. The number of aromatic nitrogens is 1. The number of pyridine rings is 1. The molecule has 0 bridgehead atoms. The highest BCUT2D eigenvalue weighted by molar-refractivity contribution is 5.87. The van der Waals surface area contributed by atoms with Gasteiger partial charge in [0.2, 0.25) is 0 Å². The van der Waals surface area contributed by atoms with E-state index in [0.29, 0.717) is 24.4 Å². The summed E-state index contributed by atoms with van der Waals surface area (Å²) in [5.41, 5.74) is 2.88. The first-order chi connectivity index (χ1) is 14.9. The highest BCUT2D eigenvalue weighted by Crippen LogP contribution is 2.26. The lowest BCUT2D eigenvalue weighted by Crippen LogP contribution is -2.23. The normalized spacial score (nSPS) is 11.0. The molecule has 0 atom stereocenters. The van der Waals surface area contributed by atoms with Crippen molar-refractivity contribution in [3.05, 3.63) is 77.1 Å². The fourth-order valence-corrected chi connectivity index (χ4v) is 3.43. The van der Waals surface area contributed by atoms with Crippen LogP contribution in [0.5, 0.6) is 5.75 Å². The Balaban J connectivity index is 1.77. The molecule has 0 amide bonds. The van der Waals surface area contributed by atoms with Crippen molar-refractivity contribution in [1.82, 2.24) is 4.57 Å². The lowest BCUT2D eigenvalue weighted by atomic mass is 10.0. The minimum Gasteiger partial charge on any atom is -0.494 e. The predicted octanol–water partition coefficient (Wildman–Crippen LogP) is 5.53. The molecule has 0 aliphatic rings. The van der Waals surface area contributed by atoms with Crippen LogP contribution in [0.4, 0.5) is 0 Å². The molecule has 1 heterocycles. The highest BCUT2D eigenvalue weighted by atomic mass is 16.5. The summed E-state index contributed by atoms with van der Waals surface area (Å²) in [4.78, 5) is 24.5. The van der Waals surface area contributed by atoms with E-state index in [1.54, 1.807) is 6.92 Å². The molecule has 0 spiro atoms. The van der Waals surface area contributed by atoms with Gasteiger partial charge in [0, 0.05) is 22.6 Å². The first-order valence-corrected chi connectivity index (χ1v) is 10.6. The molecule has 5 nitrogen and oxygen atoms in total. The van der Waals surface area contributed by atoms with Crippen LogP contribution in [0.15, 0.2) is 71.5 Å². The van der Waals surface area contributed by atoms with Gasteiger partial charge < -0.3 is 14.0 Å². The van der Waals surface area contributed by atoms with Crippen LogP contribution in [0, 0.1) is 0 Å². The maximum atomic E-state index is 13.2. The molecule has 0 radical (unpaired) electrons. The number of fused-ring (bicyclic) bond motifs is 1. The van der Waals surface area contributed by atoms with Crippen LogP contribution in [0.25, 0.3) is 22.0 Å². The van der Waals surface area contributed by atoms with E-state index < -0.39 is 0 Å². The van der Waals surface area contributed by atoms with Crippen molar-refractivity contribution in [3.8, 4) is 16.9 Å². The molecule has 0 saturated carbocycles. The summed E-state index contributed by atoms with van der Waals surface area (Å²) in [6.07, 6.45) is 1.49. The van der Waals surface area contributed by atoms with E-state index in [2.05, 4.69) is 6.58 Å². The number of unbranched alkanes of at least 4 members (excludes halogenated alkanes) is 1. The third-order valence-corrected chi connectivity index (χ3v) is 5.00. The van der Waals surface area contributed by atoms with E-state index in [1.165, 1.54) is 0 Å². The molecule has 2 aromatic carbocycles. The van der Waals surface area contributed by atoms with Crippen molar-refractivity contribution in [1.29, 1.82) is 0 Å². The molecular weight excluding hydrogens is 390 g/mol. The SMILES string of the molecule is C=C(C)C(=O)OCCCCOc1ccc2c(c1)cc(-c1ccccc1)c(=O)n2C(C)C. The molecule has 3 aromatic rings. The predicted molar refractivity (Wildman–Crippen MR) is 125 cm³/mol. The van der Waals surface area contributed by atoms with Crippen molar-refractivity contribution >= 4 is 16.9 Å². The quantitative estimate of drug-likeness (QED) is 0.260. The summed E-state index contributed by atoms with van der Waals surface area (Å²) in [5, 5.41) is 0.958. The molecule has 0 fully saturated rings. The minimum absolute atomic E-state index is 0.00618. The van der Waals surface area contributed by atoms with Crippen LogP contribution in [0.1, 0.15) is 39.7 Å². The van der Waals surface area contributed by atoms with E-state index in [-0.39, 0.29) is 17.6 Å². The summed E-state index contributed by atoms with van der Waals surface area (Å²) in [5.74, 6) is 0.389. The number of carbonyl (C=O) groups is 1. The van der Waals surface area contributed by atoms with Crippen LogP contribution in [0.2, 0.25) is 0 Å². The van der Waals surface area contributed by atoms with Crippen LogP contribution in [-0.2, 0) is 9.53 Å². The Hall–Kier alpha value is -3.34. The lowest BCUT2D eigenvalue weighted by Gasteiger charge is -2.17. The third-order valence-electron chi connectivity index (χ3n) is 5.00. The second-order valence-corrected chi connectivity index (χ2v) is 7.89. The smallest absolute Gasteiger partial charge is 0.333 e. The molecular formula is C26H29NO4. The van der Waals surface area contributed by atoms with E-state index >= 15 is 0 Å². The molecule has 0 aliphatic carbocycles. The third kappa shape index (κ3) is 5.43. The number of hydrogen-bond donors (Lipinski definition) is 0. The molecule has 5 heteroatoms. The Kier molecular flexibility index (Phi) is 7.29. The first-order valence-electron chi connectivity index (χ1n) is 10.6. The average molecular weight is 420 g/mol. The number of rotatable bonds is 9. The van der Waals surface area contributed by atoms with Gasteiger partial charge in [0.15, 0.2) is 0 Å². The zero-order chi connectivity index (χ0) is 22.4. The Morgan fingerprint density at radius 3 is 2.42 bits per heavy atom. The van der Waals surface area contributed by atoms with Crippen LogP contribution in [0.3, 0.4) is 0 Å². The van der Waals surface area contributed by atoms with Gasteiger partial charge in [-0.05, 0) is 63.4 Å². The second kappa shape index (κ2) is 10.1. The zero-order valence-corrected chi connectivity index (χ0v) is 18.4. The lowest BCUT2D eigenvalue weighted by molar-refractivity contribution is -0.139. The Bertz CT molecular complexity index is 1130. The van der Waals surface area contributed by atoms with Gasteiger partial charge >= 0.3 is 5.97 Å². The molecule has 0 unspecified atom stereocenters. The largest absolute Gasteiger partial charge is 0.494 e. The molecule has 162 valence electrons. The van der Waals surface area contributed by atoms with Crippen LogP contribution in [-0.4, -0.2) is 23.8 Å². The fraction of sp³-hybridized carbons (Fsp3) is 0.308. The molecule has 0 N–H and O–H groups in total. The number of carbonyl (C=O) groups excluding carboxylic acids is 1. The van der Waals surface area contributed by atoms with Crippen molar-refractivity contribution in [2.75, 3.05) is 13.2 Å². The van der Waals surface area contributed by atoms with Gasteiger partial charge in [-0.1, -0.05) is 36.9 Å². The Labute approximate surface area is 182 Å². The average Bonchev–Trinajstić information content (AvgIpc) is 2.75. The molecule has 31 heavy (non-hydrogen) atoms. The van der Waals surface area contributed by atoms with E-state index in [4.69, 9.17) is 9.47 Å². The number of hydrogen-bond acceptors (Lipinski definition) is 4. The number of benzene rings is 2. The van der Waals surface area contributed by atoms with E-state index in [9.17, 15) is 9.59 Å². The van der Waals surface area contributed by atoms with E-state index in [1.807, 2.05) is 73.0 Å². The zero-order valence-electron chi connectivity index (χ0n) is 18.4. The minimum atomic E-state index is -0.360. The van der Waals surface area contributed by atoms with Gasteiger partial charge in [0.05, 0.1) is 18.7 Å². The topological polar surface area (TPSA) is 57.5 Å². The Morgan fingerprint density at radius 1 is 1.03 bits per heavy atom. The van der Waals surface area contributed by atoms with Crippen molar-refractivity contribution in [2.45, 2.75) is 39.7 Å². The second-order valence-electron chi connectivity index (χ2n) is 7.89.